The Balaban J connectivity index is 2.48. The number of hydrogen-bond donors (Lipinski definition) is 0. The molecule has 2 rings (SSSR count). The molecule has 1 nitrogen and oxygen atoms in total. The molecule has 0 spiro atoms. The minimum Gasteiger partial charge on any atom is -0.497 e. The van der Waals surface area contributed by atoms with Gasteiger partial charge in [-0.15, -0.1) is 0 Å². The summed E-state index contributed by atoms with van der Waals surface area (Å²) in [6.45, 7) is 10.0. The molecule has 0 saturated heterocycles. The van der Waals surface area contributed by atoms with Crippen LogP contribution in [0.2, 0.25) is 0 Å². The fourth-order valence-corrected chi connectivity index (χ4v) is 2.89. The summed E-state index contributed by atoms with van der Waals surface area (Å²) in [7, 11) is 1.71. The summed E-state index contributed by atoms with van der Waals surface area (Å²) in [5, 5.41) is 0. The first-order valence-electron chi connectivity index (χ1n) is 6.33. The lowest BCUT2D eigenvalue weighted by molar-refractivity contribution is 0.414. The molecule has 1 aliphatic rings. The van der Waals surface area contributed by atoms with E-state index >= 15 is 0 Å². The van der Waals surface area contributed by atoms with E-state index in [0.29, 0.717) is 11.8 Å². The fourth-order valence-electron chi connectivity index (χ4n) is 2.89. The van der Waals surface area contributed by atoms with Crippen LogP contribution in [-0.2, 0) is 6.42 Å². The molecule has 1 aromatic rings. The van der Waals surface area contributed by atoms with Gasteiger partial charge in [0.15, 0.2) is 0 Å². The molecule has 18 heavy (non-hydrogen) atoms. The molecular weight excluding hydrogens is 220 g/mol. The SMILES string of the molecule is C=C/C=C(\C=C)[C@H]1c2cc(OC)ccc2C[C@@H]1C. The Morgan fingerprint density at radius 2 is 2.17 bits per heavy atom. The molecular formula is C17H20O. The molecule has 0 aromatic heterocycles. The van der Waals surface area contributed by atoms with E-state index in [4.69, 9.17) is 4.74 Å². The summed E-state index contributed by atoms with van der Waals surface area (Å²) in [6.07, 6.45) is 6.95. The number of benzene rings is 1. The third kappa shape index (κ3) is 2.13. The number of fused-ring (bicyclic) bond motifs is 1. The lowest BCUT2D eigenvalue weighted by atomic mass is 9.86. The average molecular weight is 240 g/mol. The smallest absolute Gasteiger partial charge is 0.119 e. The average Bonchev–Trinajstić information content (AvgIpc) is 2.71. The maximum Gasteiger partial charge on any atom is 0.119 e. The van der Waals surface area contributed by atoms with Crippen molar-refractivity contribution in [3.05, 3.63) is 66.3 Å². The molecule has 0 aliphatic heterocycles. The van der Waals surface area contributed by atoms with Crippen molar-refractivity contribution in [2.45, 2.75) is 19.3 Å². The maximum absolute atomic E-state index is 5.33. The number of rotatable bonds is 4. The molecule has 0 fully saturated rings. The van der Waals surface area contributed by atoms with E-state index in [1.54, 1.807) is 7.11 Å². The van der Waals surface area contributed by atoms with Gasteiger partial charge in [-0.1, -0.05) is 44.4 Å². The van der Waals surface area contributed by atoms with E-state index < -0.39 is 0 Å². The van der Waals surface area contributed by atoms with Crippen molar-refractivity contribution in [2.24, 2.45) is 5.92 Å². The minimum absolute atomic E-state index is 0.408. The van der Waals surface area contributed by atoms with Crippen LogP contribution in [-0.4, -0.2) is 7.11 Å². The summed E-state index contributed by atoms with van der Waals surface area (Å²) in [5.41, 5.74) is 4.03. The Morgan fingerprint density at radius 1 is 1.39 bits per heavy atom. The first-order valence-corrected chi connectivity index (χ1v) is 6.33. The number of allylic oxidation sites excluding steroid dienone is 4. The van der Waals surface area contributed by atoms with Gasteiger partial charge in [-0.25, -0.2) is 0 Å². The molecule has 1 aliphatic carbocycles. The van der Waals surface area contributed by atoms with Crippen molar-refractivity contribution in [3.8, 4) is 5.75 Å². The van der Waals surface area contributed by atoms with Crippen LogP contribution in [0.1, 0.15) is 24.0 Å². The van der Waals surface area contributed by atoms with Gasteiger partial charge in [-0.3, -0.25) is 0 Å². The van der Waals surface area contributed by atoms with E-state index in [1.807, 2.05) is 18.2 Å². The molecule has 0 amide bonds. The molecule has 0 radical (unpaired) electrons. The lowest BCUT2D eigenvalue weighted by Crippen LogP contribution is -2.05. The predicted octanol–water partition coefficient (Wildman–Crippen LogP) is 4.27. The largest absolute Gasteiger partial charge is 0.497 e. The quantitative estimate of drug-likeness (QED) is 0.714. The summed E-state index contributed by atoms with van der Waals surface area (Å²) < 4.78 is 5.33. The standard InChI is InChI=1S/C17H20O/c1-5-7-13(6-2)17-12(3)10-14-8-9-15(18-4)11-16(14)17/h5-9,11-12,17H,1-2,10H2,3-4H3/b13-7+/t12-,17-/m0/s1. The van der Waals surface area contributed by atoms with Gasteiger partial charge in [0, 0.05) is 5.92 Å². The molecule has 0 unspecified atom stereocenters. The van der Waals surface area contributed by atoms with E-state index in [2.05, 4.69) is 38.3 Å². The first-order chi connectivity index (χ1) is 8.71. The molecule has 2 atom stereocenters. The van der Waals surface area contributed by atoms with Crippen LogP contribution in [0, 0.1) is 5.92 Å². The minimum atomic E-state index is 0.408. The van der Waals surface area contributed by atoms with Crippen LogP contribution >= 0.6 is 0 Å². The zero-order chi connectivity index (χ0) is 13.1. The van der Waals surface area contributed by atoms with Crippen LogP contribution in [0.15, 0.2) is 55.2 Å². The topological polar surface area (TPSA) is 9.23 Å². The Morgan fingerprint density at radius 3 is 2.78 bits per heavy atom. The van der Waals surface area contributed by atoms with Crippen LogP contribution in [0.25, 0.3) is 0 Å². The van der Waals surface area contributed by atoms with Gasteiger partial charge in [0.05, 0.1) is 7.11 Å². The van der Waals surface area contributed by atoms with Gasteiger partial charge in [-0.2, -0.15) is 0 Å². The molecule has 94 valence electrons. The summed E-state index contributed by atoms with van der Waals surface area (Å²) in [4.78, 5) is 0. The van der Waals surface area contributed by atoms with Gasteiger partial charge in [-0.05, 0) is 41.2 Å². The van der Waals surface area contributed by atoms with Gasteiger partial charge in [0.25, 0.3) is 0 Å². The Bertz CT molecular complexity index is 496. The van der Waals surface area contributed by atoms with Crippen molar-refractivity contribution in [1.82, 2.24) is 0 Å². The highest BCUT2D eigenvalue weighted by atomic mass is 16.5. The maximum atomic E-state index is 5.33. The zero-order valence-corrected chi connectivity index (χ0v) is 11.1. The van der Waals surface area contributed by atoms with Crippen molar-refractivity contribution in [3.63, 3.8) is 0 Å². The van der Waals surface area contributed by atoms with Crippen LogP contribution < -0.4 is 4.74 Å². The zero-order valence-electron chi connectivity index (χ0n) is 11.1. The van der Waals surface area contributed by atoms with Gasteiger partial charge in [0.2, 0.25) is 0 Å². The fraction of sp³-hybridized carbons (Fsp3) is 0.294. The lowest BCUT2D eigenvalue weighted by Gasteiger charge is -2.18. The highest BCUT2D eigenvalue weighted by Gasteiger charge is 2.31. The summed E-state index contributed by atoms with van der Waals surface area (Å²) in [6, 6.07) is 6.38. The highest BCUT2D eigenvalue weighted by molar-refractivity contribution is 5.48. The molecule has 0 saturated carbocycles. The normalized spacial score (nSPS) is 22.4. The van der Waals surface area contributed by atoms with E-state index in [0.717, 1.165) is 12.2 Å². The third-order valence-corrected chi connectivity index (χ3v) is 3.70. The summed E-state index contributed by atoms with van der Waals surface area (Å²) >= 11 is 0. The van der Waals surface area contributed by atoms with E-state index in [1.165, 1.54) is 16.7 Å². The first kappa shape index (κ1) is 12.7. The van der Waals surface area contributed by atoms with Crippen LogP contribution in [0.5, 0.6) is 5.75 Å². The molecule has 0 bridgehead atoms. The second-order valence-corrected chi connectivity index (χ2v) is 4.83. The predicted molar refractivity (Wildman–Crippen MR) is 77.1 cm³/mol. The van der Waals surface area contributed by atoms with Crippen molar-refractivity contribution >= 4 is 0 Å². The van der Waals surface area contributed by atoms with E-state index in [-0.39, 0.29) is 0 Å². The Labute approximate surface area is 109 Å². The third-order valence-electron chi connectivity index (χ3n) is 3.70. The molecule has 1 aromatic carbocycles. The Hall–Kier alpha value is -1.76. The second-order valence-electron chi connectivity index (χ2n) is 4.83. The van der Waals surface area contributed by atoms with Gasteiger partial charge < -0.3 is 4.74 Å². The number of hydrogen-bond acceptors (Lipinski definition) is 1. The number of methoxy groups -OCH3 is 1. The Kier molecular flexibility index (Phi) is 3.71. The molecule has 1 heteroatoms. The summed E-state index contributed by atoms with van der Waals surface area (Å²) in [5.74, 6) is 1.93. The molecule has 0 N–H and O–H groups in total. The van der Waals surface area contributed by atoms with Crippen molar-refractivity contribution < 1.29 is 4.74 Å². The highest BCUT2D eigenvalue weighted by Crippen LogP contribution is 2.44. The second kappa shape index (κ2) is 5.26. The van der Waals surface area contributed by atoms with E-state index in [9.17, 15) is 0 Å². The van der Waals surface area contributed by atoms with Gasteiger partial charge >= 0.3 is 0 Å². The van der Waals surface area contributed by atoms with Crippen LogP contribution in [0.4, 0.5) is 0 Å². The van der Waals surface area contributed by atoms with Crippen molar-refractivity contribution in [1.29, 1.82) is 0 Å². The molecule has 0 heterocycles. The van der Waals surface area contributed by atoms with Crippen LogP contribution in [0.3, 0.4) is 0 Å². The van der Waals surface area contributed by atoms with Gasteiger partial charge in [0.1, 0.15) is 5.75 Å². The van der Waals surface area contributed by atoms with Crippen molar-refractivity contribution in [2.75, 3.05) is 7.11 Å². The number of ether oxygens (including phenoxy) is 1. The monoisotopic (exact) mass is 240 g/mol.